The number of aryl methyl sites for hydroxylation is 2. The van der Waals surface area contributed by atoms with Crippen LogP contribution in [-0.2, 0) is 16.0 Å². The molecule has 2 rings (SSSR count). The van der Waals surface area contributed by atoms with Crippen LogP contribution >= 0.6 is 0 Å². The molecule has 1 fully saturated rings. The molecule has 1 aromatic carbocycles. The highest BCUT2D eigenvalue weighted by molar-refractivity contribution is 5.79. The van der Waals surface area contributed by atoms with Crippen molar-refractivity contribution in [2.75, 3.05) is 13.1 Å². The average Bonchev–Trinajstić information content (AvgIpc) is 2.49. The van der Waals surface area contributed by atoms with E-state index in [1.165, 1.54) is 11.1 Å². The maximum Gasteiger partial charge on any atom is 0.311 e. The lowest BCUT2D eigenvalue weighted by Gasteiger charge is -2.37. The molecule has 1 aliphatic rings. The van der Waals surface area contributed by atoms with Gasteiger partial charge in [0.25, 0.3) is 0 Å². The Bertz CT molecular complexity index is 538. The second-order valence-corrected chi connectivity index (χ2v) is 6.62. The number of carbonyl (C=O) groups is 2. The molecule has 1 atom stereocenters. The lowest BCUT2D eigenvalue weighted by molar-refractivity contribution is -0.153. The molecule has 1 aliphatic heterocycles. The van der Waals surface area contributed by atoms with Crippen LogP contribution in [0.5, 0.6) is 0 Å². The highest BCUT2D eigenvalue weighted by atomic mass is 16.4. The Balaban J connectivity index is 1.82. The summed E-state index contributed by atoms with van der Waals surface area (Å²) in [5, 5.41) is 9.31. The SMILES string of the molecule is Cc1ccc(CCCC(=O)N2CCCC(C)(C(=O)O)C2)cc1. The third-order valence-corrected chi connectivity index (χ3v) is 4.54. The lowest BCUT2D eigenvalue weighted by Crippen LogP contribution is -2.48. The predicted molar refractivity (Wildman–Crippen MR) is 85.7 cm³/mol. The van der Waals surface area contributed by atoms with E-state index in [0.717, 1.165) is 19.3 Å². The Hall–Kier alpha value is -1.84. The van der Waals surface area contributed by atoms with Crippen LogP contribution in [0.1, 0.15) is 43.7 Å². The number of hydrogen-bond acceptors (Lipinski definition) is 2. The number of hydrogen-bond donors (Lipinski definition) is 1. The Kier molecular flexibility index (Phi) is 5.22. The fourth-order valence-corrected chi connectivity index (χ4v) is 2.98. The first-order valence-corrected chi connectivity index (χ1v) is 7.97. The van der Waals surface area contributed by atoms with Gasteiger partial charge in [-0.15, -0.1) is 0 Å². The van der Waals surface area contributed by atoms with Crippen molar-refractivity contribution in [3.05, 3.63) is 35.4 Å². The number of likely N-dealkylation sites (tertiary alicyclic amines) is 1. The van der Waals surface area contributed by atoms with Gasteiger partial charge >= 0.3 is 5.97 Å². The first kappa shape index (κ1) is 16.5. The summed E-state index contributed by atoms with van der Waals surface area (Å²) < 4.78 is 0. The topological polar surface area (TPSA) is 57.6 Å². The third-order valence-electron chi connectivity index (χ3n) is 4.54. The zero-order valence-electron chi connectivity index (χ0n) is 13.5. The number of aliphatic carboxylic acids is 1. The largest absolute Gasteiger partial charge is 0.481 e. The van der Waals surface area contributed by atoms with Crippen LogP contribution in [0.2, 0.25) is 0 Å². The van der Waals surface area contributed by atoms with E-state index in [1.54, 1.807) is 11.8 Å². The quantitative estimate of drug-likeness (QED) is 0.909. The van der Waals surface area contributed by atoms with Crippen LogP contribution in [0.25, 0.3) is 0 Å². The Morgan fingerprint density at radius 3 is 2.59 bits per heavy atom. The Labute approximate surface area is 132 Å². The van der Waals surface area contributed by atoms with Crippen molar-refractivity contribution in [3.8, 4) is 0 Å². The summed E-state index contributed by atoms with van der Waals surface area (Å²) in [6.07, 6.45) is 3.60. The minimum Gasteiger partial charge on any atom is -0.481 e. The molecule has 1 heterocycles. The molecular weight excluding hydrogens is 278 g/mol. The number of carbonyl (C=O) groups excluding carboxylic acids is 1. The molecule has 4 heteroatoms. The Morgan fingerprint density at radius 1 is 1.27 bits per heavy atom. The van der Waals surface area contributed by atoms with Crippen LogP contribution in [0.3, 0.4) is 0 Å². The van der Waals surface area contributed by atoms with E-state index >= 15 is 0 Å². The van der Waals surface area contributed by atoms with Gasteiger partial charge in [0.2, 0.25) is 5.91 Å². The second-order valence-electron chi connectivity index (χ2n) is 6.62. The molecule has 1 aromatic rings. The van der Waals surface area contributed by atoms with Crippen molar-refractivity contribution in [3.63, 3.8) is 0 Å². The van der Waals surface area contributed by atoms with Crippen molar-refractivity contribution in [1.29, 1.82) is 0 Å². The predicted octanol–water partition coefficient (Wildman–Crippen LogP) is 3.03. The molecular formula is C18H25NO3. The first-order chi connectivity index (χ1) is 10.4. The van der Waals surface area contributed by atoms with Crippen molar-refractivity contribution in [1.82, 2.24) is 4.90 Å². The van der Waals surface area contributed by atoms with Crippen LogP contribution in [-0.4, -0.2) is 35.0 Å². The van der Waals surface area contributed by atoms with Gasteiger partial charge in [-0.05, 0) is 45.1 Å². The van der Waals surface area contributed by atoms with Crippen LogP contribution in [0.15, 0.2) is 24.3 Å². The minimum atomic E-state index is -0.801. The van der Waals surface area contributed by atoms with E-state index in [0.29, 0.717) is 25.9 Å². The molecule has 4 nitrogen and oxygen atoms in total. The van der Waals surface area contributed by atoms with Gasteiger partial charge in [0, 0.05) is 19.5 Å². The van der Waals surface area contributed by atoms with Crippen molar-refractivity contribution in [2.24, 2.45) is 5.41 Å². The molecule has 0 aliphatic carbocycles. The van der Waals surface area contributed by atoms with Gasteiger partial charge in [-0.25, -0.2) is 0 Å². The molecule has 0 bridgehead atoms. The number of carboxylic acid groups (broad SMARTS) is 1. The third kappa shape index (κ3) is 4.09. The van der Waals surface area contributed by atoms with Gasteiger partial charge in [-0.1, -0.05) is 29.8 Å². The van der Waals surface area contributed by atoms with Crippen LogP contribution in [0.4, 0.5) is 0 Å². The molecule has 22 heavy (non-hydrogen) atoms. The summed E-state index contributed by atoms with van der Waals surface area (Å²) in [6, 6.07) is 8.37. The van der Waals surface area contributed by atoms with Crippen LogP contribution in [0, 0.1) is 12.3 Å². The summed E-state index contributed by atoms with van der Waals surface area (Å²) >= 11 is 0. The highest BCUT2D eigenvalue weighted by Crippen LogP contribution is 2.30. The monoisotopic (exact) mass is 303 g/mol. The zero-order chi connectivity index (χ0) is 16.2. The summed E-state index contributed by atoms with van der Waals surface area (Å²) in [6.45, 7) is 4.82. The molecule has 0 radical (unpaired) electrons. The smallest absolute Gasteiger partial charge is 0.311 e. The van der Waals surface area contributed by atoms with E-state index < -0.39 is 11.4 Å². The molecule has 1 saturated heterocycles. The summed E-state index contributed by atoms with van der Waals surface area (Å²) in [5.41, 5.74) is 1.69. The first-order valence-electron chi connectivity index (χ1n) is 7.97. The minimum absolute atomic E-state index is 0.0827. The number of carboxylic acids is 1. The summed E-state index contributed by atoms with van der Waals surface area (Å²) in [7, 11) is 0. The number of amides is 1. The molecule has 0 aromatic heterocycles. The fourth-order valence-electron chi connectivity index (χ4n) is 2.98. The second kappa shape index (κ2) is 6.95. The van der Waals surface area contributed by atoms with Gasteiger partial charge in [-0.3, -0.25) is 9.59 Å². The van der Waals surface area contributed by atoms with Gasteiger partial charge in [0.1, 0.15) is 0 Å². The van der Waals surface area contributed by atoms with E-state index in [1.807, 2.05) is 0 Å². The highest BCUT2D eigenvalue weighted by Gasteiger charge is 2.39. The van der Waals surface area contributed by atoms with Gasteiger partial charge < -0.3 is 10.0 Å². The molecule has 120 valence electrons. The molecule has 1 N–H and O–H groups in total. The molecule has 0 saturated carbocycles. The normalized spacial score (nSPS) is 21.6. The summed E-state index contributed by atoms with van der Waals surface area (Å²) in [5.74, 6) is -0.719. The number of benzene rings is 1. The number of nitrogens with zero attached hydrogens (tertiary/aromatic N) is 1. The van der Waals surface area contributed by atoms with Crippen LogP contribution < -0.4 is 0 Å². The number of rotatable bonds is 5. The molecule has 1 amide bonds. The van der Waals surface area contributed by atoms with Gasteiger partial charge in [0.15, 0.2) is 0 Å². The average molecular weight is 303 g/mol. The standard InChI is InChI=1S/C18H25NO3/c1-14-7-9-15(10-8-14)5-3-6-16(20)19-12-4-11-18(2,13-19)17(21)22/h7-10H,3-6,11-13H2,1-2H3,(H,21,22). The maximum atomic E-state index is 12.3. The van der Waals surface area contributed by atoms with Crippen molar-refractivity contribution < 1.29 is 14.7 Å². The zero-order valence-corrected chi connectivity index (χ0v) is 13.5. The Morgan fingerprint density at radius 2 is 1.95 bits per heavy atom. The molecule has 0 spiro atoms. The van der Waals surface area contributed by atoms with E-state index in [-0.39, 0.29) is 5.91 Å². The van der Waals surface area contributed by atoms with Crippen molar-refractivity contribution >= 4 is 11.9 Å². The maximum absolute atomic E-state index is 12.3. The lowest BCUT2D eigenvalue weighted by atomic mass is 9.82. The van der Waals surface area contributed by atoms with E-state index in [9.17, 15) is 14.7 Å². The molecule has 1 unspecified atom stereocenters. The van der Waals surface area contributed by atoms with Gasteiger partial charge in [0.05, 0.1) is 5.41 Å². The van der Waals surface area contributed by atoms with E-state index in [4.69, 9.17) is 0 Å². The van der Waals surface area contributed by atoms with E-state index in [2.05, 4.69) is 31.2 Å². The van der Waals surface area contributed by atoms with Gasteiger partial charge in [-0.2, -0.15) is 0 Å². The number of piperidine rings is 1. The summed E-state index contributed by atoms with van der Waals surface area (Å²) in [4.78, 5) is 25.3. The fraction of sp³-hybridized carbons (Fsp3) is 0.556. The van der Waals surface area contributed by atoms with Crippen molar-refractivity contribution in [2.45, 2.75) is 46.0 Å².